The van der Waals surface area contributed by atoms with Crippen molar-refractivity contribution in [2.75, 3.05) is 0 Å². The summed E-state index contributed by atoms with van der Waals surface area (Å²) in [6.07, 6.45) is 1.62. The number of hydrogen-bond acceptors (Lipinski definition) is 2. The minimum absolute atomic E-state index is 0.0104. The van der Waals surface area contributed by atoms with Crippen LogP contribution in [0.2, 0.25) is 0 Å². The van der Waals surface area contributed by atoms with Crippen LogP contribution in [0.15, 0.2) is 18.3 Å². The van der Waals surface area contributed by atoms with E-state index in [0.29, 0.717) is 5.69 Å². The van der Waals surface area contributed by atoms with Gasteiger partial charge in [0.1, 0.15) is 0 Å². The predicted molar refractivity (Wildman–Crippen MR) is 40.6 cm³/mol. The van der Waals surface area contributed by atoms with Gasteiger partial charge in [0.2, 0.25) is 0 Å². The second-order valence-corrected chi connectivity index (χ2v) is 2.80. The molecule has 1 rings (SSSR count). The number of hydrogen-bond donors (Lipinski definition) is 2. The van der Waals surface area contributed by atoms with Crippen molar-refractivity contribution in [3.63, 3.8) is 0 Å². The van der Waals surface area contributed by atoms with Gasteiger partial charge in [-0.05, 0) is 0 Å². The third-order valence-corrected chi connectivity index (χ3v) is 1.80. The maximum absolute atomic E-state index is 7.08. The molecule has 10 heavy (non-hydrogen) atoms. The summed E-state index contributed by atoms with van der Waals surface area (Å²) in [6.45, 7) is 0. The van der Waals surface area contributed by atoms with Gasteiger partial charge < -0.3 is 0 Å². The summed E-state index contributed by atoms with van der Waals surface area (Å²) in [4.78, 5) is 3.91. The fourth-order valence-corrected chi connectivity index (χ4v) is 1.16. The molecule has 0 saturated carbocycles. The normalized spacial score (nSPS) is 9.30. The zero-order valence-corrected chi connectivity index (χ0v) is 7.08. The molecule has 0 aliphatic carbocycles. The van der Waals surface area contributed by atoms with Crippen molar-refractivity contribution in [1.82, 2.24) is 4.98 Å². The van der Waals surface area contributed by atoms with Crippen LogP contribution in [0.3, 0.4) is 0 Å². The first-order chi connectivity index (χ1) is 4.72. The molecule has 0 fully saturated rings. The van der Waals surface area contributed by atoms with Gasteiger partial charge in [0.15, 0.2) is 0 Å². The Labute approximate surface area is 67.7 Å². The van der Waals surface area contributed by atoms with Crippen LogP contribution in [0.4, 0.5) is 0 Å². The van der Waals surface area contributed by atoms with E-state index in [-0.39, 0.29) is 5.84 Å². The van der Waals surface area contributed by atoms with Crippen LogP contribution in [0.5, 0.6) is 0 Å². The molecule has 2 radical (unpaired) electrons. The van der Waals surface area contributed by atoms with Gasteiger partial charge >= 0.3 is 67.2 Å². The molecule has 0 bridgehead atoms. The molecule has 0 atom stereocenters. The van der Waals surface area contributed by atoms with E-state index in [0.717, 1.165) is 4.35 Å². The quantitative estimate of drug-likeness (QED) is 0.348. The van der Waals surface area contributed by atoms with Crippen LogP contribution in [0.25, 0.3) is 0 Å². The van der Waals surface area contributed by atoms with E-state index in [9.17, 15) is 0 Å². The SMILES string of the molecule is N=C(N)c1ncccc1[As]. The summed E-state index contributed by atoms with van der Waals surface area (Å²) in [6, 6.07) is 3.66. The van der Waals surface area contributed by atoms with Gasteiger partial charge in [-0.3, -0.25) is 0 Å². The molecule has 0 saturated heterocycles. The average molecular weight is 195 g/mol. The zero-order chi connectivity index (χ0) is 7.56. The van der Waals surface area contributed by atoms with Crippen LogP contribution < -0.4 is 10.1 Å². The van der Waals surface area contributed by atoms with Gasteiger partial charge in [-0.25, -0.2) is 0 Å². The predicted octanol–water partition coefficient (Wildman–Crippen LogP) is -0.841. The summed E-state index contributed by atoms with van der Waals surface area (Å²) >= 11 is 2.32. The first-order valence-electron chi connectivity index (χ1n) is 2.70. The summed E-state index contributed by atoms with van der Waals surface area (Å²) < 4.78 is 0.877. The monoisotopic (exact) mass is 195 g/mol. The third-order valence-electron chi connectivity index (χ3n) is 1.04. The Kier molecular flexibility index (Phi) is 2.07. The number of amidine groups is 1. The van der Waals surface area contributed by atoms with Crippen molar-refractivity contribution < 1.29 is 0 Å². The molecule has 0 spiro atoms. The standard InChI is InChI=1S/C6H6AsN3/c7-4-2-1-3-10-5(4)6(8)9/h1-3H,(H3,8,9). The number of pyridine rings is 1. The Bertz CT molecular complexity index is 259. The topological polar surface area (TPSA) is 62.8 Å². The van der Waals surface area contributed by atoms with E-state index in [2.05, 4.69) is 21.8 Å². The Morgan fingerprint density at radius 1 is 1.70 bits per heavy atom. The summed E-state index contributed by atoms with van der Waals surface area (Å²) in [5.41, 5.74) is 5.77. The van der Waals surface area contributed by atoms with E-state index >= 15 is 0 Å². The molecular weight excluding hydrogens is 189 g/mol. The second kappa shape index (κ2) is 2.84. The molecule has 1 heterocycles. The molecule has 4 heteroatoms. The molecule has 0 unspecified atom stereocenters. The van der Waals surface area contributed by atoms with Gasteiger partial charge in [0.25, 0.3) is 0 Å². The van der Waals surface area contributed by atoms with Crippen LogP contribution in [0.1, 0.15) is 5.69 Å². The molecule has 3 nitrogen and oxygen atoms in total. The Morgan fingerprint density at radius 3 is 2.80 bits per heavy atom. The van der Waals surface area contributed by atoms with E-state index in [1.54, 1.807) is 12.3 Å². The van der Waals surface area contributed by atoms with E-state index in [1.807, 2.05) is 6.07 Å². The van der Waals surface area contributed by atoms with Crippen molar-refractivity contribution >= 4 is 27.0 Å². The molecule has 0 aliphatic heterocycles. The number of aromatic nitrogens is 1. The Morgan fingerprint density at radius 2 is 2.40 bits per heavy atom. The summed E-state index contributed by atoms with van der Waals surface area (Å²) in [7, 11) is 0. The third kappa shape index (κ3) is 1.36. The molecule has 3 N–H and O–H groups in total. The molecule has 50 valence electrons. The molecule has 1 aromatic rings. The van der Waals surface area contributed by atoms with Crippen LogP contribution >= 0.6 is 0 Å². The summed E-state index contributed by atoms with van der Waals surface area (Å²) in [5, 5.41) is 7.08. The Hall–Kier alpha value is -0.822. The number of nitrogens with two attached hydrogens (primary N) is 1. The number of nitrogen functional groups attached to an aromatic ring is 1. The van der Waals surface area contributed by atoms with Gasteiger partial charge in [0.05, 0.1) is 0 Å². The van der Waals surface area contributed by atoms with Crippen LogP contribution in [-0.4, -0.2) is 27.7 Å². The van der Waals surface area contributed by atoms with E-state index in [1.165, 1.54) is 0 Å². The van der Waals surface area contributed by atoms with Crippen molar-refractivity contribution in [3.05, 3.63) is 24.0 Å². The number of rotatable bonds is 1. The number of nitrogens with one attached hydrogen (secondary N) is 1. The first kappa shape index (κ1) is 7.29. The van der Waals surface area contributed by atoms with E-state index < -0.39 is 0 Å². The fraction of sp³-hybridized carbons (Fsp3) is 0. The molecule has 0 aromatic carbocycles. The van der Waals surface area contributed by atoms with Crippen molar-refractivity contribution in [1.29, 1.82) is 5.41 Å². The fourth-order valence-electron chi connectivity index (χ4n) is 0.604. The summed E-state index contributed by atoms with van der Waals surface area (Å²) in [5.74, 6) is 0.0104. The van der Waals surface area contributed by atoms with E-state index in [4.69, 9.17) is 11.1 Å². The maximum atomic E-state index is 7.08. The number of nitrogens with zero attached hydrogens (tertiary/aromatic N) is 1. The van der Waals surface area contributed by atoms with Gasteiger partial charge in [-0.1, -0.05) is 0 Å². The van der Waals surface area contributed by atoms with Crippen LogP contribution in [0, 0.1) is 5.41 Å². The van der Waals surface area contributed by atoms with Crippen molar-refractivity contribution in [3.8, 4) is 0 Å². The average Bonchev–Trinajstić information content (AvgIpc) is 1.88. The zero-order valence-electron chi connectivity index (χ0n) is 5.20. The van der Waals surface area contributed by atoms with Gasteiger partial charge in [-0.2, -0.15) is 0 Å². The van der Waals surface area contributed by atoms with Crippen LogP contribution in [-0.2, 0) is 0 Å². The molecule has 0 aliphatic rings. The molecule has 0 amide bonds. The second-order valence-electron chi connectivity index (χ2n) is 1.78. The Balaban J connectivity index is 3.15. The van der Waals surface area contributed by atoms with Gasteiger partial charge in [0, 0.05) is 0 Å². The molecule has 1 aromatic heterocycles. The van der Waals surface area contributed by atoms with Crippen molar-refractivity contribution in [2.24, 2.45) is 5.73 Å². The minimum atomic E-state index is 0.0104. The molecular formula is C6H6AsN3. The van der Waals surface area contributed by atoms with Gasteiger partial charge in [-0.15, -0.1) is 0 Å². The first-order valence-corrected chi connectivity index (χ1v) is 3.64. The van der Waals surface area contributed by atoms with Crippen molar-refractivity contribution in [2.45, 2.75) is 0 Å².